The standard InChI is InChI=1S/C54H94O7/c1-8-10-11-12-13-14-15-16-17-18-19-20-21-22-23-24-25-48(55)59-37-47-49(56)50(57)51(58)52(61-47)60-42-32-34-53(6)41(36-42)28-29-43-45-31-30-44(54(45,7)35-33-46(43)53)39(5)26-27-40(9-2)38(3)4/h28,39-40,42-47,49-52,56-58H,3,8-27,29-37H2,1-2,4-7H3/t39-,40+,42+,43+,44-,45+,46+,47-,49-,50+,51-,52-,53+,54-/m1/s1. The molecular formula is C54H94O7. The molecule has 0 radical (unpaired) electrons. The molecule has 4 aliphatic carbocycles. The van der Waals surface area contributed by atoms with Gasteiger partial charge in [0.15, 0.2) is 6.29 Å². The molecule has 0 unspecified atom stereocenters. The third kappa shape index (κ3) is 13.4. The smallest absolute Gasteiger partial charge is 0.305 e. The van der Waals surface area contributed by atoms with Gasteiger partial charge in [-0.15, -0.1) is 0 Å². The van der Waals surface area contributed by atoms with Crippen LogP contribution in [-0.2, 0) is 19.0 Å². The topological polar surface area (TPSA) is 105 Å². The number of unbranched alkanes of at least 4 members (excludes halogenated alkanes) is 15. The summed E-state index contributed by atoms with van der Waals surface area (Å²) in [4.78, 5) is 12.6. The Morgan fingerprint density at radius 2 is 1.43 bits per heavy atom. The van der Waals surface area contributed by atoms with Gasteiger partial charge < -0.3 is 29.5 Å². The van der Waals surface area contributed by atoms with Gasteiger partial charge in [-0.25, -0.2) is 0 Å². The fourth-order valence-corrected chi connectivity index (χ4v) is 13.6. The van der Waals surface area contributed by atoms with Crippen molar-refractivity contribution >= 4 is 5.97 Å². The summed E-state index contributed by atoms with van der Waals surface area (Å²) in [6.45, 7) is 18.6. The van der Waals surface area contributed by atoms with Crippen LogP contribution >= 0.6 is 0 Å². The maximum absolute atomic E-state index is 12.6. The molecule has 3 saturated carbocycles. The number of carbonyl (C=O) groups excluding carboxylic acids is 1. The van der Waals surface area contributed by atoms with E-state index in [1.165, 1.54) is 140 Å². The highest BCUT2D eigenvalue weighted by molar-refractivity contribution is 5.69. The van der Waals surface area contributed by atoms with Crippen molar-refractivity contribution < 1.29 is 34.3 Å². The summed E-state index contributed by atoms with van der Waals surface area (Å²) in [7, 11) is 0. The summed E-state index contributed by atoms with van der Waals surface area (Å²) in [5.74, 6) is 4.15. The molecule has 0 bridgehead atoms. The van der Waals surface area contributed by atoms with Crippen LogP contribution in [0.3, 0.4) is 0 Å². The zero-order valence-electron chi connectivity index (χ0n) is 40.2. The predicted octanol–water partition coefficient (Wildman–Crippen LogP) is 13.0. The highest BCUT2D eigenvalue weighted by atomic mass is 16.7. The van der Waals surface area contributed by atoms with Crippen LogP contribution in [0.5, 0.6) is 0 Å². The minimum Gasteiger partial charge on any atom is -0.463 e. The first-order chi connectivity index (χ1) is 29.3. The molecule has 61 heavy (non-hydrogen) atoms. The fraction of sp³-hybridized carbons (Fsp3) is 0.907. The van der Waals surface area contributed by atoms with Crippen LogP contribution in [0, 0.1) is 46.3 Å². The lowest BCUT2D eigenvalue weighted by Crippen LogP contribution is -2.60. The second-order valence-electron chi connectivity index (χ2n) is 21.7. The van der Waals surface area contributed by atoms with Crippen molar-refractivity contribution in [2.45, 2.75) is 258 Å². The van der Waals surface area contributed by atoms with Crippen molar-refractivity contribution in [3.8, 4) is 0 Å². The first-order valence-corrected chi connectivity index (χ1v) is 26.2. The van der Waals surface area contributed by atoms with E-state index in [0.29, 0.717) is 23.7 Å². The SMILES string of the molecule is C=C(C)[C@@H](CC)CC[C@@H](C)[C@H]1CC[C@H]2[C@@H]3CC=C4C[C@@H](O[C@@H]5O[C@H](COC(=O)CCCCCCCCCCCCCCCCCC)[C@@H](O)[C@H](O)[C@H]5O)CC[C@]4(C)[C@H]3CC[C@]12C. The molecule has 1 saturated heterocycles. The molecule has 7 nitrogen and oxygen atoms in total. The molecule has 0 aromatic rings. The van der Waals surface area contributed by atoms with Crippen LogP contribution in [0.25, 0.3) is 0 Å². The van der Waals surface area contributed by atoms with Crippen LogP contribution in [0.2, 0.25) is 0 Å². The van der Waals surface area contributed by atoms with Gasteiger partial charge in [0.1, 0.15) is 31.0 Å². The first-order valence-electron chi connectivity index (χ1n) is 26.2. The highest BCUT2D eigenvalue weighted by Gasteiger charge is 2.59. The summed E-state index contributed by atoms with van der Waals surface area (Å²) < 4.78 is 18.1. The Labute approximate surface area is 374 Å². The molecule has 1 heterocycles. The minimum atomic E-state index is -1.44. The maximum atomic E-state index is 12.6. The number of ether oxygens (including phenoxy) is 3. The lowest BCUT2D eigenvalue weighted by atomic mass is 9.47. The van der Waals surface area contributed by atoms with Gasteiger partial charge in [0, 0.05) is 6.42 Å². The van der Waals surface area contributed by atoms with Crippen LogP contribution < -0.4 is 0 Å². The fourth-order valence-electron chi connectivity index (χ4n) is 13.6. The molecule has 0 aromatic heterocycles. The molecule has 0 aromatic carbocycles. The van der Waals surface area contributed by atoms with Crippen molar-refractivity contribution in [1.82, 2.24) is 0 Å². The number of rotatable bonds is 27. The number of esters is 1. The van der Waals surface area contributed by atoms with Crippen LogP contribution in [0.1, 0.15) is 221 Å². The highest BCUT2D eigenvalue weighted by Crippen LogP contribution is 2.67. The van der Waals surface area contributed by atoms with Crippen LogP contribution in [-0.4, -0.2) is 64.7 Å². The Morgan fingerprint density at radius 1 is 0.803 bits per heavy atom. The molecule has 1 aliphatic heterocycles. The molecular weight excluding hydrogens is 761 g/mol. The maximum Gasteiger partial charge on any atom is 0.305 e. The average Bonchev–Trinajstić information content (AvgIpc) is 3.60. The van der Waals surface area contributed by atoms with E-state index in [1.807, 2.05) is 0 Å². The summed E-state index contributed by atoms with van der Waals surface area (Å²) in [5.41, 5.74) is 3.44. The Balaban J connectivity index is 0.999. The molecule has 4 fully saturated rings. The summed E-state index contributed by atoms with van der Waals surface area (Å²) in [6.07, 6.45) is 30.0. The van der Waals surface area contributed by atoms with Crippen molar-refractivity contribution in [1.29, 1.82) is 0 Å². The molecule has 3 N–H and O–H groups in total. The van der Waals surface area contributed by atoms with Crippen molar-refractivity contribution in [2.24, 2.45) is 46.3 Å². The number of hydrogen-bond acceptors (Lipinski definition) is 7. The van der Waals surface area contributed by atoms with Gasteiger partial charge >= 0.3 is 5.97 Å². The second-order valence-corrected chi connectivity index (χ2v) is 21.7. The molecule has 14 atom stereocenters. The summed E-state index contributed by atoms with van der Waals surface area (Å²) in [6, 6.07) is 0. The van der Waals surface area contributed by atoms with E-state index >= 15 is 0 Å². The zero-order valence-corrected chi connectivity index (χ0v) is 40.2. The van der Waals surface area contributed by atoms with Crippen molar-refractivity contribution in [2.75, 3.05) is 6.61 Å². The van der Waals surface area contributed by atoms with Crippen molar-refractivity contribution in [3.05, 3.63) is 23.8 Å². The van der Waals surface area contributed by atoms with E-state index in [4.69, 9.17) is 14.2 Å². The van der Waals surface area contributed by atoms with E-state index in [-0.39, 0.29) is 24.1 Å². The van der Waals surface area contributed by atoms with Crippen LogP contribution in [0.4, 0.5) is 0 Å². The van der Waals surface area contributed by atoms with Gasteiger partial charge in [0.25, 0.3) is 0 Å². The quantitative estimate of drug-likeness (QED) is 0.0429. The third-order valence-electron chi connectivity index (χ3n) is 17.6. The molecule has 352 valence electrons. The van der Waals surface area contributed by atoms with Crippen molar-refractivity contribution in [3.63, 3.8) is 0 Å². The zero-order chi connectivity index (χ0) is 44.0. The van der Waals surface area contributed by atoms with E-state index in [2.05, 4.69) is 54.2 Å². The predicted molar refractivity (Wildman–Crippen MR) is 249 cm³/mol. The van der Waals surface area contributed by atoms with E-state index in [0.717, 1.165) is 68.6 Å². The Bertz CT molecular complexity index is 1350. The Morgan fingerprint density at radius 3 is 2.03 bits per heavy atom. The van der Waals surface area contributed by atoms with E-state index in [1.54, 1.807) is 0 Å². The van der Waals surface area contributed by atoms with E-state index < -0.39 is 30.7 Å². The summed E-state index contributed by atoms with van der Waals surface area (Å²) >= 11 is 0. The normalized spacial score (nSPS) is 35.7. The van der Waals surface area contributed by atoms with Gasteiger partial charge in [-0.05, 0) is 130 Å². The summed E-state index contributed by atoms with van der Waals surface area (Å²) in [5, 5.41) is 32.6. The van der Waals surface area contributed by atoms with E-state index in [9.17, 15) is 20.1 Å². The molecule has 0 amide bonds. The number of carbonyl (C=O) groups is 1. The lowest BCUT2D eigenvalue weighted by molar-refractivity contribution is -0.313. The van der Waals surface area contributed by atoms with Gasteiger partial charge in [-0.3, -0.25) is 4.79 Å². The number of allylic oxidation sites excluding steroid dienone is 2. The molecule has 5 aliphatic rings. The second kappa shape index (κ2) is 24.9. The van der Waals surface area contributed by atoms with Gasteiger partial charge in [0.05, 0.1) is 6.10 Å². The lowest BCUT2D eigenvalue weighted by Gasteiger charge is -2.58. The minimum absolute atomic E-state index is 0.146. The van der Waals surface area contributed by atoms with Gasteiger partial charge in [-0.2, -0.15) is 0 Å². The number of fused-ring (bicyclic) bond motifs is 5. The third-order valence-corrected chi connectivity index (χ3v) is 17.6. The largest absolute Gasteiger partial charge is 0.463 e. The van der Waals surface area contributed by atoms with Gasteiger partial charge in [-0.1, -0.05) is 155 Å². The Kier molecular flexibility index (Phi) is 20.7. The monoisotopic (exact) mass is 855 g/mol. The van der Waals surface area contributed by atoms with Gasteiger partial charge in [0.2, 0.25) is 0 Å². The molecule has 7 heteroatoms. The number of aliphatic hydroxyl groups is 3. The molecule has 5 rings (SSSR count). The average molecular weight is 855 g/mol. The first kappa shape index (κ1) is 50.7. The van der Waals surface area contributed by atoms with Crippen LogP contribution in [0.15, 0.2) is 23.8 Å². The number of hydrogen-bond donors (Lipinski definition) is 3. The molecule has 0 spiro atoms. The Hall–Kier alpha value is -1.25. The number of aliphatic hydroxyl groups excluding tert-OH is 3.